The van der Waals surface area contributed by atoms with E-state index in [-0.39, 0.29) is 36.5 Å². The summed E-state index contributed by atoms with van der Waals surface area (Å²) in [5.74, 6) is -0.505. The quantitative estimate of drug-likeness (QED) is 0.167. The molecule has 1 aliphatic heterocycles. The van der Waals surface area contributed by atoms with Gasteiger partial charge in [0.05, 0.1) is 12.0 Å². The van der Waals surface area contributed by atoms with Crippen molar-refractivity contribution in [2.24, 2.45) is 0 Å². The number of piperidine rings is 1. The van der Waals surface area contributed by atoms with Crippen molar-refractivity contribution in [3.05, 3.63) is 90.4 Å². The van der Waals surface area contributed by atoms with Crippen LogP contribution in [-0.4, -0.2) is 47.7 Å². The van der Waals surface area contributed by atoms with Gasteiger partial charge in [-0.3, -0.25) is 4.79 Å². The Labute approximate surface area is 233 Å². The fourth-order valence-corrected chi connectivity index (χ4v) is 3.93. The molecule has 0 aliphatic carbocycles. The fourth-order valence-electron chi connectivity index (χ4n) is 3.93. The number of alkyl halides is 3. The summed E-state index contributed by atoms with van der Waals surface area (Å²) >= 11 is 0. The highest BCUT2D eigenvalue weighted by Crippen LogP contribution is 2.30. The second-order valence-electron chi connectivity index (χ2n) is 9.04. The zero-order chi connectivity index (χ0) is 29.4. The average Bonchev–Trinajstić information content (AvgIpc) is 2.94. The maximum Gasteiger partial charge on any atom is 0.417 e. The molecule has 1 aromatic heterocycles. The van der Waals surface area contributed by atoms with Crippen LogP contribution < -0.4 is 14.2 Å². The number of aromatic nitrogens is 1. The number of benzene rings is 2. The summed E-state index contributed by atoms with van der Waals surface area (Å²) in [6.07, 6.45) is -2.41. The third-order valence-electron chi connectivity index (χ3n) is 6.02. The number of pyridine rings is 1. The number of likely N-dealkylation sites (tertiary alicyclic amines) is 1. The topological polar surface area (TPSA) is 87.2 Å². The predicted molar refractivity (Wildman–Crippen MR) is 138 cm³/mol. The van der Waals surface area contributed by atoms with E-state index in [2.05, 4.69) is 11.6 Å². The first-order valence-corrected chi connectivity index (χ1v) is 12.6. The third kappa shape index (κ3) is 8.44. The Balaban J connectivity index is 1.22. The van der Waals surface area contributed by atoms with Gasteiger partial charge in [-0.25, -0.2) is 14.2 Å². The summed E-state index contributed by atoms with van der Waals surface area (Å²) in [7, 11) is 0. The Hall–Kier alpha value is -4.61. The molecule has 2 aromatic carbocycles. The van der Waals surface area contributed by atoms with E-state index < -0.39 is 29.6 Å². The number of halogens is 4. The minimum Gasteiger partial charge on any atom is -0.487 e. The number of ether oxygens (including phenoxy) is 4. The minimum absolute atomic E-state index is 0.0207. The monoisotopic (exact) mass is 574 g/mol. The summed E-state index contributed by atoms with van der Waals surface area (Å²) < 4.78 is 74.0. The number of rotatable bonds is 9. The maximum absolute atomic E-state index is 14.5. The molecule has 1 amide bonds. The summed E-state index contributed by atoms with van der Waals surface area (Å²) in [4.78, 5) is 29.4. The van der Waals surface area contributed by atoms with E-state index in [0.29, 0.717) is 43.4 Å². The predicted octanol–water partition coefficient (Wildman–Crippen LogP) is 6.35. The van der Waals surface area contributed by atoms with Crippen LogP contribution in [0.4, 0.5) is 22.4 Å². The molecule has 1 fully saturated rings. The van der Waals surface area contributed by atoms with Gasteiger partial charge in [-0.05, 0) is 48.0 Å². The van der Waals surface area contributed by atoms with Gasteiger partial charge < -0.3 is 23.8 Å². The molecule has 41 heavy (non-hydrogen) atoms. The zero-order valence-electron chi connectivity index (χ0n) is 21.7. The van der Waals surface area contributed by atoms with E-state index in [4.69, 9.17) is 18.9 Å². The van der Waals surface area contributed by atoms with Crippen LogP contribution in [0.1, 0.15) is 24.0 Å². The van der Waals surface area contributed by atoms with Gasteiger partial charge in [-0.1, -0.05) is 18.7 Å². The van der Waals surface area contributed by atoms with Crippen LogP contribution in [0, 0.1) is 5.82 Å². The number of amides is 1. The molecule has 8 nitrogen and oxygen atoms in total. The van der Waals surface area contributed by atoms with Crippen molar-refractivity contribution in [3.8, 4) is 23.1 Å². The molecule has 12 heteroatoms. The Morgan fingerprint density at radius 2 is 1.73 bits per heavy atom. The molecule has 3 aromatic rings. The number of nitrogens with zero attached hydrogens (tertiary/aromatic N) is 2. The Morgan fingerprint density at radius 3 is 2.34 bits per heavy atom. The number of carbonyl (C=O) groups is 2. The van der Waals surface area contributed by atoms with Crippen LogP contribution in [0.3, 0.4) is 0 Å². The van der Waals surface area contributed by atoms with Crippen LogP contribution in [-0.2, 0) is 22.1 Å². The lowest BCUT2D eigenvalue weighted by Crippen LogP contribution is -2.43. The average molecular weight is 575 g/mol. The minimum atomic E-state index is -4.49. The highest BCUT2D eigenvalue weighted by Gasteiger charge is 2.31. The molecule has 4 rings (SSSR count). The van der Waals surface area contributed by atoms with Crippen LogP contribution in [0.25, 0.3) is 0 Å². The second kappa shape index (κ2) is 13.2. The Bertz CT molecular complexity index is 1360. The molecule has 0 unspecified atom stereocenters. The van der Waals surface area contributed by atoms with Gasteiger partial charge in [0.15, 0.2) is 11.6 Å². The lowest BCUT2D eigenvalue weighted by molar-refractivity contribution is -0.141. The second-order valence-corrected chi connectivity index (χ2v) is 9.04. The number of hydrogen-bond donors (Lipinski definition) is 0. The molecular weight excluding hydrogens is 548 g/mol. The molecule has 1 saturated heterocycles. The van der Waals surface area contributed by atoms with Crippen LogP contribution in [0.5, 0.6) is 23.1 Å². The van der Waals surface area contributed by atoms with E-state index in [0.717, 1.165) is 12.1 Å². The van der Waals surface area contributed by atoms with Crippen molar-refractivity contribution in [2.75, 3.05) is 19.7 Å². The normalized spacial score (nSPS) is 13.8. The number of hydrogen-bond acceptors (Lipinski definition) is 7. The Morgan fingerprint density at radius 1 is 1.02 bits per heavy atom. The fraction of sp³-hybridized carbons (Fsp3) is 0.276. The standard InChI is InChI=1S/C29H26F4N2O6/c1-2-15-38-27(36)17-19-3-9-25(24(30)16-19)39-23-11-13-35(14-12-23)28(37)41-22-7-5-21(6-8-22)40-26-10-4-20(18-34-26)29(31,32)33/h2-10,16,18,23H,1,11-15,17H2. The molecule has 2 heterocycles. The van der Waals surface area contributed by atoms with Gasteiger partial charge in [0.2, 0.25) is 5.88 Å². The molecule has 0 N–H and O–H groups in total. The van der Waals surface area contributed by atoms with Gasteiger partial charge in [-0.2, -0.15) is 13.2 Å². The molecule has 0 radical (unpaired) electrons. The Kier molecular flexibility index (Phi) is 9.43. The van der Waals surface area contributed by atoms with Gasteiger partial charge >= 0.3 is 18.2 Å². The van der Waals surface area contributed by atoms with Crippen molar-refractivity contribution in [1.82, 2.24) is 9.88 Å². The third-order valence-corrected chi connectivity index (χ3v) is 6.02. The van der Waals surface area contributed by atoms with E-state index >= 15 is 0 Å². The molecule has 0 bridgehead atoms. The first kappa shape index (κ1) is 29.4. The molecule has 0 spiro atoms. The summed E-state index contributed by atoms with van der Waals surface area (Å²) in [5, 5.41) is 0. The molecule has 216 valence electrons. The number of esters is 1. The molecule has 1 aliphatic rings. The summed E-state index contributed by atoms with van der Waals surface area (Å²) in [6.45, 7) is 4.21. The van der Waals surface area contributed by atoms with Crippen molar-refractivity contribution in [3.63, 3.8) is 0 Å². The van der Waals surface area contributed by atoms with Crippen molar-refractivity contribution >= 4 is 12.1 Å². The maximum atomic E-state index is 14.5. The SMILES string of the molecule is C=CCOC(=O)Cc1ccc(OC2CCN(C(=O)Oc3ccc(Oc4ccc(C(F)(F)F)cn4)cc3)CC2)c(F)c1. The highest BCUT2D eigenvalue weighted by atomic mass is 19.4. The van der Waals surface area contributed by atoms with E-state index in [1.807, 2.05) is 0 Å². The number of carbonyl (C=O) groups excluding carboxylic acids is 2. The zero-order valence-corrected chi connectivity index (χ0v) is 21.7. The van der Waals surface area contributed by atoms with Gasteiger partial charge in [0, 0.05) is 38.2 Å². The van der Waals surface area contributed by atoms with Gasteiger partial charge in [0.1, 0.15) is 24.2 Å². The van der Waals surface area contributed by atoms with E-state index in [9.17, 15) is 27.2 Å². The van der Waals surface area contributed by atoms with Crippen LogP contribution in [0.15, 0.2) is 73.4 Å². The van der Waals surface area contributed by atoms with Gasteiger partial charge in [-0.15, -0.1) is 0 Å². The largest absolute Gasteiger partial charge is 0.487 e. The van der Waals surface area contributed by atoms with Crippen LogP contribution >= 0.6 is 0 Å². The lowest BCUT2D eigenvalue weighted by atomic mass is 10.1. The van der Waals surface area contributed by atoms with Crippen molar-refractivity contribution in [2.45, 2.75) is 31.5 Å². The smallest absolute Gasteiger partial charge is 0.417 e. The van der Waals surface area contributed by atoms with Crippen molar-refractivity contribution in [1.29, 1.82) is 0 Å². The lowest BCUT2D eigenvalue weighted by Gasteiger charge is -2.31. The van der Waals surface area contributed by atoms with Crippen molar-refractivity contribution < 1.29 is 46.1 Å². The van der Waals surface area contributed by atoms with Crippen LogP contribution in [0.2, 0.25) is 0 Å². The first-order chi connectivity index (χ1) is 19.6. The molecular formula is C29H26F4N2O6. The summed E-state index contributed by atoms with van der Waals surface area (Å²) in [5.41, 5.74) is -0.429. The highest BCUT2D eigenvalue weighted by molar-refractivity contribution is 5.72. The molecule has 0 saturated carbocycles. The van der Waals surface area contributed by atoms with E-state index in [1.165, 1.54) is 47.4 Å². The first-order valence-electron chi connectivity index (χ1n) is 12.6. The summed E-state index contributed by atoms with van der Waals surface area (Å²) in [6, 6.07) is 12.2. The molecule has 0 atom stereocenters. The van der Waals surface area contributed by atoms with E-state index in [1.54, 1.807) is 6.07 Å². The van der Waals surface area contributed by atoms with Gasteiger partial charge in [0.25, 0.3) is 0 Å².